The van der Waals surface area contributed by atoms with Crippen molar-refractivity contribution in [2.45, 2.75) is 20.8 Å². The highest BCUT2D eigenvalue weighted by Gasteiger charge is 2.18. The normalized spacial score (nSPS) is 12.3. The second-order valence-corrected chi connectivity index (χ2v) is 7.81. The Kier molecular flexibility index (Phi) is 10.0. The van der Waals surface area contributed by atoms with Gasteiger partial charge in [-0.3, -0.25) is 4.99 Å². The van der Waals surface area contributed by atoms with E-state index in [0.717, 1.165) is 5.75 Å². The quantitative estimate of drug-likeness (QED) is 0.464. The predicted octanol–water partition coefficient (Wildman–Crippen LogP) is 1.63. The van der Waals surface area contributed by atoms with Gasteiger partial charge in [0.15, 0.2) is 5.96 Å². The lowest BCUT2D eigenvalue weighted by Crippen LogP contribution is -2.41. The molecule has 0 aliphatic rings. The molecule has 0 spiro atoms. The molecular formula is C18H32N4O3S. The summed E-state index contributed by atoms with van der Waals surface area (Å²) in [6.07, 6.45) is 0. The van der Waals surface area contributed by atoms with Gasteiger partial charge in [-0.1, -0.05) is 32.0 Å². The highest BCUT2D eigenvalue weighted by Crippen LogP contribution is 2.07. The molecule has 0 fully saturated rings. The largest absolute Gasteiger partial charge is 0.492 e. The molecule has 0 heterocycles. The van der Waals surface area contributed by atoms with E-state index in [4.69, 9.17) is 4.74 Å². The van der Waals surface area contributed by atoms with Gasteiger partial charge in [-0.05, 0) is 19.1 Å². The highest BCUT2D eigenvalue weighted by atomic mass is 32.2. The molecule has 0 aliphatic carbocycles. The first-order valence-electron chi connectivity index (χ1n) is 9.09. The lowest BCUT2D eigenvalue weighted by Gasteiger charge is -2.22. The third-order valence-electron chi connectivity index (χ3n) is 3.84. The van der Waals surface area contributed by atoms with Crippen LogP contribution in [0.1, 0.15) is 20.8 Å². The van der Waals surface area contributed by atoms with Crippen LogP contribution in [0.15, 0.2) is 35.3 Å². The number of hydrogen-bond acceptors (Lipinski definition) is 4. The van der Waals surface area contributed by atoms with Crippen molar-refractivity contribution in [2.75, 3.05) is 52.1 Å². The Morgan fingerprint density at radius 1 is 1.15 bits per heavy atom. The van der Waals surface area contributed by atoms with Crippen molar-refractivity contribution < 1.29 is 13.2 Å². The molecule has 0 unspecified atom stereocenters. The van der Waals surface area contributed by atoms with Crippen molar-refractivity contribution in [1.29, 1.82) is 0 Å². The van der Waals surface area contributed by atoms with Crippen LogP contribution < -0.4 is 10.1 Å². The molecule has 0 bridgehead atoms. The minimum atomic E-state index is -3.26. The Labute approximate surface area is 158 Å². The van der Waals surface area contributed by atoms with Gasteiger partial charge in [-0.15, -0.1) is 0 Å². The van der Waals surface area contributed by atoms with Crippen molar-refractivity contribution in [2.24, 2.45) is 4.99 Å². The fourth-order valence-electron chi connectivity index (χ4n) is 2.41. The number of sulfonamides is 1. The second kappa shape index (κ2) is 11.7. The maximum atomic E-state index is 12.2. The third-order valence-corrected chi connectivity index (χ3v) is 5.85. The molecule has 7 nitrogen and oxygen atoms in total. The molecule has 1 aromatic rings. The molecule has 0 aliphatic heterocycles. The minimum absolute atomic E-state index is 0.0118. The number of rotatable bonds is 11. The number of aliphatic imine (C=N–C) groups is 1. The van der Waals surface area contributed by atoms with Crippen LogP contribution in [0.25, 0.3) is 0 Å². The maximum Gasteiger partial charge on any atom is 0.215 e. The van der Waals surface area contributed by atoms with Crippen LogP contribution >= 0.6 is 0 Å². The van der Waals surface area contributed by atoms with Crippen molar-refractivity contribution in [3.8, 4) is 5.75 Å². The molecular weight excluding hydrogens is 352 g/mol. The van der Waals surface area contributed by atoms with Crippen LogP contribution in [0.4, 0.5) is 0 Å². The fourth-order valence-corrected chi connectivity index (χ4v) is 3.77. The Balaban J connectivity index is 2.55. The van der Waals surface area contributed by atoms with Crippen LogP contribution in [0.2, 0.25) is 0 Å². The lowest BCUT2D eigenvalue weighted by molar-refractivity contribution is 0.281. The van der Waals surface area contributed by atoms with Crippen molar-refractivity contribution >= 4 is 16.0 Å². The summed E-state index contributed by atoms with van der Waals surface area (Å²) in [5.41, 5.74) is 0. The molecule has 0 radical (unpaired) electrons. The number of para-hydroxylation sites is 1. The molecule has 8 heteroatoms. The summed E-state index contributed by atoms with van der Waals surface area (Å²) in [6.45, 7) is 8.74. The van der Waals surface area contributed by atoms with Gasteiger partial charge in [-0.2, -0.15) is 0 Å². The maximum absolute atomic E-state index is 12.2. The summed E-state index contributed by atoms with van der Waals surface area (Å²) in [5, 5.41) is 3.19. The van der Waals surface area contributed by atoms with Crippen LogP contribution in [-0.4, -0.2) is 75.7 Å². The van der Waals surface area contributed by atoms with E-state index in [2.05, 4.69) is 10.3 Å². The molecule has 1 rings (SSSR count). The average molecular weight is 385 g/mol. The van der Waals surface area contributed by atoms with Gasteiger partial charge in [0.2, 0.25) is 10.0 Å². The Morgan fingerprint density at radius 2 is 1.81 bits per heavy atom. The summed E-state index contributed by atoms with van der Waals surface area (Å²) in [7, 11) is -1.35. The molecule has 0 amide bonds. The first-order valence-corrected chi connectivity index (χ1v) is 10.7. The number of nitrogens with one attached hydrogen (secondary N) is 1. The summed E-state index contributed by atoms with van der Waals surface area (Å²) in [4.78, 5) is 6.39. The van der Waals surface area contributed by atoms with Gasteiger partial charge >= 0.3 is 0 Å². The smallest absolute Gasteiger partial charge is 0.215 e. The summed E-state index contributed by atoms with van der Waals surface area (Å²) in [6, 6.07) is 9.64. The Bertz CT molecular complexity index is 631. The second-order valence-electron chi connectivity index (χ2n) is 5.72. The van der Waals surface area contributed by atoms with E-state index in [0.29, 0.717) is 38.7 Å². The van der Waals surface area contributed by atoms with Crippen LogP contribution in [0.5, 0.6) is 5.75 Å². The van der Waals surface area contributed by atoms with Crippen LogP contribution in [0, 0.1) is 0 Å². The zero-order valence-electron chi connectivity index (χ0n) is 16.3. The molecule has 0 atom stereocenters. The Morgan fingerprint density at radius 3 is 2.38 bits per heavy atom. The van der Waals surface area contributed by atoms with Gasteiger partial charge in [0, 0.05) is 26.7 Å². The first kappa shape index (κ1) is 22.2. The molecule has 148 valence electrons. The first-order chi connectivity index (χ1) is 12.4. The average Bonchev–Trinajstić information content (AvgIpc) is 2.62. The number of ether oxygens (including phenoxy) is 1. The number of likely N-dealkylation sites (N-methyl/N-ethyl adjacent to an activating group) is 1. The van der Waals surface area contributed by atoms with E-state index < -0.39 is 10.0 Å². The van der Waals surface area contributed by atoms with E-state index >= 15 is 0 Å². The molecule has 26 heavy (non-hydrogen) atoms. The monoisotopic (exact) mass is 384 g/mol. The van der Waals surface area contributed by atoms with Gasteiger partial charge in [0.25, 0.3) is 0 Å². The van der Waals surface area contributed by atoms with Crippen molar-refractivity contribution in [3.05, 3.63) is 30.3 Å². The Hall–Kier alpha value is -1.80. The van der Waals surface area contributed by atoms with E-state index in [9.17, 15) is 8.42 Å². The number of guanidine groups is 1. The van der Waals surface area contributed by atoms with Crippen molar-refractivity contribution in [1.82, 2.24) is 14.5 Å². The van der Waals surface area contributed by atoms with Crippen LogP contribution in [-0.2, 0) is 10.0 Å². The zero-order chi connectivity index (χ0) is 19.4. The van der Waals surface area contributed by atoms with Crippen LogP contribution in [0.3, 0.4) is 0 Å². The van der Waals surface area contributed by atoms with E-state index in [1.165, 1.54) is 4.31 Å². The molecule has 0 saturated heterocycles. The highest BCUT2D eigenvalue weighted by molar-refractivity contribution is 7.89. The molecule has 0 aromatic heterocycles. The summed E-state index contributed by atoms with van der Waals surface area (Å²) in [5.74, 6) is 1.52. The number of benzene rings is 1. The topological polar surface area (TPSA) is 74.2 Å². The molecule has 1 N–H and O–H groups in total. The third kappa shape index (κ3) is 7.61. The number of hydrogen-bond donors (Lipinski definition) is 1. The lowest BCUT2D eigenvalue weighted by atomic mass is 10.3. The summed E-state index contributed by atoms with van der Waals surface area (Å²) >= 11 is 0. The molecule has 1 aromatic carbocycles. The van der Waals surface area contributed by atoms with E-state index in [-0.39, 0.29) is 12.3 Å². The summed E-state index contributed by atoms with van der Waals surface area (Å²) < 4.78 is 31.6. The van der Waals surface area contributed by atoms with E-state index in [1.807, 2.05) is 63.1 Å². The van der Waals surface area contributed by atoms with Gasteiger partial charge < -0.3 is 15.0 Å². The number of nitrogens with zero attached hydrogens (tertiary/aromatic N) is 3. The SMILES string of the molecule is CCNC(=NCCS(=O)(=O)N(CC)CC)N(C)CCOc1ccccc1. The zero-order valence-corrected chi connectivity index (χ0v) is 17.1. The minimum Gasteiger partial charge on any atom is -0.492 e. The van der Waals surface area contributed by atoms with Gasteiger partial charge in [0.1, 0.15) is 12.4 Å². The van der Waals surface area contributed by atoms with Gasteiger partial charge in [-0.25, -0.2) is 12.7 Å². The van der Waals surface area contributed by atoms with Crippen molar-refractivity contribution in [3.63, 3.8) is 0 Å². The molecule has 0 saturated carbocycles. The van der Waals surface area contributed by atoms with Gasteiger partial charge in [0.05, 0.1) is 18.8 Å². The predicted molar refractivity (Wildman–Crippen MR) is 107 cm³/mol. The van der Waals surface area contributed by atoms with E-state index in [1.54, 1.807) is 0 Å². The fraction of sp³-hybridized carbons (Fsp3) is 0.611. The standard InChI is InChI=1S/C18H32N4O3S/c1-5-19-18(20-13-16-26(23,24)22(6-2)7-3)21(4)14-15-25-17-11-9-8-10-12-17/h8-12H,5-7,13-16H2,1-4H3,(H,19,20).